The van der Waals surface area contributed by atoms with Gasteiger partial charge in [-0.1, -0.05) is 43.9 Å². The molecule has 0 unspecified atom stereocenters. The molecule has 24 heavy (non-hydrogen) atoms. The van der Waals surface area contributed by atoms with Crippen LogP contribution < -0.4 is 5.32 Å². The maximum absolute atomic E-state index is 12.8. The summed E-state index contributed by atoms with van der Waals surface area (Å²) in [6.07, 6.45) is 7.21. The lowest BCUT2D eigenvalue weighted by Crippen LogP contribution is -2.35. The number of benzene rings is 1. The summed E-state index contributed by atoms with van der Waals surface area (Å²) in [7, 11) is 1.94. The minimum atomic E-state index is -0.00117. The van der Waals surface area contributed by atoms with Crippen molar-refractivity contribution in [3.63, 3.8) is 0 Å². The number of hydrogen-bond donors (Lipinski definition) is 1. The molecular formula is C19H23N3OS. The SMILES string of the molecule is Cn1nc(C(=O)NC2CCCCCC2)c2c1-c1ccccc1SC2. The third-order valence-corrected chi connectivity index (χ3v) is 6.16. The first-order chi connectivity index (χ1) is 11.7. The van der Waals surface area contributed by atoms with Gasteiger partial charge >= 0.3 is 0 Å². The van der Waals surface area contributed by atoms with Gasteiger partial charge in [-0.15, -0.1) is 11.8 Å². The lowest BCUT2D eigenvalue weighted by molar-refractivity contribution is 0.0927. The summed E-state index contributed by atoms with van der Waals surface area (Å²) >= 11 is 1.79. The van der Waals surface area contributed by atoms with Crippen LogP contribution in [0.5, 0.6) is 0 Å². The first kappa shape index (κ1) is 15.8. The van der Waals surface area contributed by atoms with Gasteiger partial charge in [0, 0.05) is 34.9 Å². The first-order valence-corrected chi connectivity index (χ1v) is 9.81. The predicted molar refractivity (Wildman–Crippen MR) is 97.2 cm³/mol. The Morgan fingerprint density at radius 2 is 1.96 bits per heavy atom. The van der Waals surface area contributed by atoms with Crippen molar-refractivity contribution in [3.8, 4) is 11.3 Å². The molecule has 1 amide bonds. The van der Waals surface area contributed by atoms with Crippen molar-refractivity contribution < 1.29 is 4.79 Å². The van der Waals surface area contributed by atoms with Gasteiger partial charge in [-0.2, -0.15) is 5.10 Å². The Kier molecular flexibility index (Phi) is 4.35. The molecule has 1 fully saturated rings. The molecule has 1 N–H and O–H groups in total. The number of nitrogens with one attached hydrogen (secondary N) is 1. The first-order valence-electron chi connectivity index (χ1n) is 8.83. The van der Waals surface area contributed by atoms with Gasteiger partial charge in [-0.3, -0.25) is 9.48 Å². The van der Waals surface area contributed by atoms with Crippen LogP contribution in [0.2, 0.25) is 0 Å². The van der Waals surface area contributed by atoms with Crippen molar-refractivity contribution in [3.05, 3.63) is 35.5 Å². The molecule has 126 valence electrons. The smallest absolute Gasteiger partial charge is 0.272 e. The molecule has 1 saturated carbocycles. The number of aryl methyl sites for hydroxylation is 1. The number of nitrogens with zero attached hydrogens (tertiary/aromatic N) is 2. The van der Waals surface area contributed by atoms with Crippen LogP contribution in [0.25, 0.3) is 11.3 Å². The Hall–Kier alpha value is -1.75. The predicted octanol–water partition coefficient (Wildman–Crippen LogP) is 4.15. The highest BCUT2D eigenvalue weighted by atomic mass is 32.2. The van der Waals surface area contributed by atoms with Crippen LogP contribution in [-0.2, 0) is 12.8 Å². The van der Waals surface area contributed by atoms with Crippen LogP contribution in [0.4, 0.5) is 0 Å². The molecule has 4 nitrogen and oxygen atoms in total. The Morgan fingerprint density at radius 1 is 1.21 bits per heavy atom. The summed E-state index contributed by atoms with van der Waals surface area (Å²) in [5, 5.41) is 7.81. The summed E-state index contributed by atoms with van der Waals surface area (Å²) in [6.45, 7) is 0. The third kappa shape index (κ3) is 2.86. The van der Waals surface area contributed by atoms with Crippen molar-refractivity contribution in [1.29, 1.82) is 0 Å². The minimum absolute atomic E-state index is 0.00117. The maximum atomic E-state index is 12.8. The Morgan fingerprint density at radius 3 is 2.75 bits per heavy atom. The molecule has 0 bridgehead atoms. The lowest BCUT2D eigenvalue weighted by atomic mass is 10.0. The van der Waals surface area contributed by atoms with Crippen molar-refractivity contribution in [2.75, 3.05) is 0 Å². The van der Waals surface area contributed by atoms with Crippen LogP contribution in [0.15, 0.2) is 29.2 Å². The van der Waals surface area contributed by atoms with Gasteiger partial charge in [0.2, 0.25) is 0 Å². The molecular weight excluding hydrogens is 318 g/mol. The average Bonchev–Trinajstić information content (AvgIpc) is 2.76. The van der Waals surface area contributed by atoms with Crippen molar-refractivity contribution in [1.82, 2.24) is 15.1 Å². The van der Waals surface area contributed by atoms with Gasteiger partial charge in [0.25, 0.3) is 5.91 Å². The number of fused-ring (bicyclic) bond motifs is 3. The number of rotatable bonds is 2. The molecule has 1 aliphatic carbocycles. The molecule has 0 saturated heterocycles. The highest BCUT2D eigenvalue weighted by Gasteiger charge is 2.28. The van der Waals surface area contributed by atoms with Crippen LogP contribution in [-0.4, -0.2) is 21.7 Å². The third-order valence-electron chi connectivity index (χ3n) is 5.06. The molecule has 2 heterocycles. The lowest BCUT2D eigenvalue weighted by Gasteiger charge is -2.18. The van der Waals surface area contributed by atoms with Crippen molar-refractivity contribution in [2.45, 2.75) is 55.2 Å². The highest BCUT2D eigenvalue weighted by molar-refractivity contribution is 7.98. The van der Waals surface area contributed by atoms with E-state index >= 15 is 0 Å². The molecule has 2 aliphatic rings. The van der Waals surface area contributed by atoms with E-state index in [1.807, 2.05) is 17.8 Å². The van der Waals surface area contributed by atoms with Gasteiger partial charge in [-0.05, 0) is 18.9 Å². The second-order valence-corrected chi connectivity index (χ2v) is 7.76. The summed E-state index contributed by atoms with van der Waals surface area (Å²) < 4.78 is 1.87. The Bertz CT molecular complexity index is 760. The van der Waals surface area contributed by atoms with Gasteiger partial charge < -0.3 is 5.32 Å². The largest absolute Gasteiger partial charge is 0.348 e. The van der Waals surface area contributed by atoms with Gasteiger partial charge in [0.05, 0.1) is 5.69 Å². The molecule has 4 rings (SSSR count). The standard InChI is InChI=1S/C19H23N3OS/c1-22-18-14-10-6-7-11-16(14)24-12-15(18)17(21-22)19(23)20-13-8-4-2-3-5-9-13/h6-7,10-11,13H,2-5,8-9,12H2,1H3,(H,20,23). The van der Waals surface area contributed by atoms with Gasteiger partial charge in [0.1, 0.15) is 0 Å². The monoisotopic (exact) mass is 341 g/mol. The molecule has 2 aromatic rings. The molecule has 0 radical (unpaired) electrons. The normalized spacial score (nSPS) is 17.7. The molecule has 1 aromatic heterocycles. The topological polar surface area (TPSA) is 46.9 Å². The molecule has 1 aromatic carbocycles. The van der Waals surface area contributed by atoms with Crippen molar-refractivity contribution >= 4 is 17.7 Å². The van der Waals surface area contributed by atoms with E-state index in [4.69, 9.17) is 0 Å². The van der Waals surface area contributed by atoms with E-state index in [1.54, 1.807) is 11.8 Å². The molecule has 0 spiro atoms. The molecule has 0 atom stereocenters. The fourth-order valence-electron chi connectivity index (χ4n) is 3.84. The van der Waals surface area contributed by atoms with E-state index in [0.717, 1.165) is 29.9 Å². The van der Waals surface area contributed by atoms with E-state index in [0.29, 0.717) is 11.7 Å². The minimum Gasteiger partial charge on any atom is -0.348 e. The van der Waals surface area contributed by atoms with E-state index < -0.39 is 0 Å². The number of aromatic nitrogens is 2. The summed E-state index contributed by atoms with van der Waals surface area (Å²) in [6, 6.07) is 8.68. The number of carbonyl (C=O) groups is 1. The van der Waals surface area contributed by atoms with E-state index in [-0.39, 0.29) is 5.91 Å². The van der Waals surface area contributed by atoms with Crippen LogP contribution >= 0.6 is 11.8 Å². The number of thioether (sulfide) groups is 1. The zero-order valence-electron chi connectivity index (χ0n) is 14.0. The quantitative estimate of drug-likeness (QED) is 0.835. The highest BCUT2D eigenvalue weighted by Crippen LogP contribution is 2.42. The average molecular weight is 341 g/mol. The Labute approximate surface area is 147 Å². The zero-order chi connectivity index (χ0) is 16.5. The fourth-order valence-corrected chi connectivity index (χ4v) is 4.91. The molecule has 5 heteroatoms. The van der Waals surface area contributed by atoms with Crippen LogP contribution in [0.3, 0.4) is 0 Å². The maximum Gasteiger partial charge on any atom is 0.272 e. The van der Waals surface area contributed by atoms with E-state index in [1.165, 1.54) is 36.1 Å². The number of carbonyl (C=O) groups excluding carboxylic acids is 1. The number of hydrogen-bond acceptors (Lipinski definition) is 3. The summed E-state index contributed by atoms with van der Waals surface area (Å²) in [4.78, 5) is 14.1. The second-order valence-electron chi connectivity index (χ2n) is 6.75. The zero-order valence-corrected chi connectivity index (χ0v) is 14.9. The van der Waals surface area contributed by atoms with Crippen LogP contribution in [0, 0.1) is 0 Å². The van der Waals surface area contributed by atoms with E-state index in [2.05, 4.69) is 28.6 Å². The number of amides is 1. The van der Waals surface area contributed by atoms with Gasteiger partial charge in [0.15, 0.2) is 5.69 Å². The fraction of sp³-hybridized carbons (Fsp3) is 0.474. The summed E-state index contributed by atoms with van der Waals surface area (Å²) in [5.41, 5.74) is 3.97. The second kappa shape index (κ2) is 6.63. The van der Waals surface area contributed by atoms with E-state index in [9.17, 15) is 4.79 Å². The molecule has 1 aliphatic heterocycles. The Balaban J connectivity index is 1.62. The van der Waals surface area contributed by atoms with Crippen LogP contribution in [0.1, 0.15) is 54.6 Å². The van der Waals surface area contributed by atoms with Crippen molar-refractivity contribution in [2.24, 2.45) is 7.05 Å². The summed E-state index contributed by atoms with van der Waals surface area (Å²) in [5.74, 6) is 0.812. The van der Waals surface area contributed by atoms with Gasteiger partial charge in [-0.25, -0.2) is 0 Å².